The molecule has 3 aromatic carbocycles. The van der Waals surface area contributed by atoms with E-state index in [2.05, 4.69) is 20.5 Å². The van der Waals surface area contributed by atoms with Gasteiger partial charge in [-0.2, -0.15) is 5.10 Å². The predicted molar refractivity (Wildman–Crippen MR) is 113 cm³/mol. The van der Waals surface area contributed by atoms with E-state index in [0.29, 0.717) is 18.1 Å². The van der Waals surface area contributed by atoms with E-state index in [1.165, 1.54) is 0 Å². The maximum Gasteiger partial charge on any atom is 0.273 e. The predicted octanol–water partition coefficient (Wildman–Crippen LogP) is 4.88. The second-order valence-corrected chi connectivity index (χ2v) is 6.78. The third kappa shape index (κ3) is 3.43. The Balaban J connectivity index is 1.34. The van der Waals surface area contributed by atoms with Crippen LogP contribution in [0.25, 0.3) is 21.8 Å². The molecule has 0 bridgehead atoms. The number of H-pyrrole nitrogens is 2. The van der Waals surface area contributed by atoms with E-state index in [1.54, 1.807) is 0 Å². The molecule has 0 saturated carbocycles. The molecule has 0 spiro atoms. The largest absolute Gasteiger partial charge is 0.489 e. The van der Waals surface area contributed by atoms with Crippen LogP contribution < -0.4 is 10.1 Å². The van der Waals surface area contributed by atoms with Crippen molar-refractivity contribution in [3.8, 4) is 5.75 Å². The number of fused-ring (bicyclic) bond motifs is 2. The van der Waals surface area contributed by atoms with Crippen molar-refractivity contribution >= 4 is 33.5 Å². The third-order valence-electron chi connectivity index (χ3n) is 4.79. The lowest BCUT2D eigenvalue weighted by Crippen LogP contribution is -2.12. The van der Waals surface area contributed by atoms with Gasteiger partial charge in [0.25, 0.3) is 5.91 Å². The number of anilines is 1. The molecule has 5 aromatic rings. The first kappa shape index (κ1) is 17.1. The molecule has 0 atom stereocenters. The summed E-state index contributed by atoms with van der Waals surface area (Å²) in [6, 6.07) is 25.2. The van der Waals surface area contributed by atoms with Crippen LogP contribution in [0.2, 0.25) is 0 Å². The fraction of sp³-hybridized carbons (Fsp3) is 0.0435. The molecular formula is C23H18N4O2. The molecule has 142 valence electrons. The second-order valence-electron chi connectivity index (χ2n) is 6.78. The normalized spacial score (nSPS) is 11.0. The number of ether oxygens (including phenoxy) is 1. The lowest BCUT2D eigenvalue weighted by Gasteiger charge is -2.06. The van der Waals surface area contributed by atoms with Gasteiger partial charge in [0.2, 0.25) is 0 Å². The summed E-state index contributed by atoms with van der Waals surface area (Å²) in [7, 11) is 0. The van der Waals surface area contributed by atoms with E-state index in [0.717, 1.165) is 33.1 Å². The third-order valence-corrected chi connectivity index (χ3v) is 4.79. The Hall–Kier alpha value is -4.06. The maximum atomic E-state index is 12.7. The highest BCUT2D eigenvalue weighted by Crippen LogP contribution is 2.24. The summed E-state index contributed by atoms with van der Waals surface area (Å²) in [4.78, 5) is 15.9. The molecule has 2 heterocycles. The topological polar surface area (TPSA) is 82.8 Å². The number of nitrogens with one attached hydrogen (secondary N) is 3. The Bertz CT molecular complexity index is 1300. The van der Waals surface area contributed by atoms with E-state index < -0.39 is 0 Å². The van der Waals surface area contributed by atoms with E-state index >= 15 is 0 Å². The van der Waals surface area contributed by atoms with Crippen molar-refractivity contribution in [3.63, 3.8) is 0 Å². The molecule has 0 fully saturated rings. The van der Waals surface area contributed by atoms with Gasteiger partial charge in [0, 0.05) is 22.4 Å². The molecule has 6 heteroatoms. The maximum absolute atomic E-state index is 12.7. The van der Waals surface area contributed by atoms with Crippen molar-refractivity contribution in [2.24, 2.45) is 0 Å². The summed E-state index contributed by atoms with van der Waals surface area (Å²) in [6.45, 7) is 0.493. The van der Waals surface area contributed by atoms with Crippen LogP contribution in [-0.4, -0.2) is 21.1 Å². The van der Waals surface area contributed by atoms with Crippen LogP contribution in [-0.2, 0) is 6.61 Å². The first-order chi connectivity index (χ1) is 14.3. The van der Waals surface area contributed by atoms with Crippen molar-refractivity contribution in [2.45, 2.75) is 6.61 Å². The Kier molecular flexibility index (Phi) is 4.22. The molecule has 0 saturated heterocycles. The highest BCUT2D eigenvalue weighted by atomic mass is 16.5. The molecule has 1 amide bonds. The smallest absolute Gasteiger partial charge is 0.273 e. The first-order valence-corrected chi connectivity index (χ1v) is 9.30. The van der Waals surface area contributed by atoms with Crippen molar-refractivity contribution in [2.75, 3.05) is 5.32 Å². The molecule has 29 heavy (non-hydrogen) atoms. The van der Waals surface area contributed by atoms with E-state index in [-0.39, 0.29) is 5.91 Å². The molecule has 0 aliphatic rings. The minimum Gasteiger partial charge on any atom is -0.489 e. The Morgan fingerprint density at radius 2 is 1.76 bits per heavy atom. The number of aromatic amines is 2. The number of carbonyl (C=O) groups excluding carboxylic acids is 1. The van der Waals surface area contributed by atoms with Crippen LogP contribution in [0.3, 0.4) is 0 Å². The number of hydrogen-bond acceptors (Lipinski definition) is 3. The first-order valence-electron chi connectivity index (χ1n) is 9.30. The number of aromatic nitrogens is 3. The van der Waals surface area contributed by atoms with Gasteiger partial charge in [0.15, 0.2) is 5.82 Å². The van der Waals surface area contributed by atoms with Crippen LogP contribution in [0.4, 0.5) is 5.82 Å². The molecule has 0 radical (unpaired) electrons. The SMILES string of the molecule is O=C(Nc1n[nH]c2ccccc12)c1cc2ccc(OCc3ccccc3)cc2[nH]1. The zero-order chi connectivity index (χ0) is 19.6. The summed E-state index contributed by atoms with van der Waals surface area (Å²) in [5, 5.41) is 11.8. The second kappa shape index (κ2) is 7.16. The minimum absolute atomic E-state index is 0.245. The number of para-hydroxylation sites is 1. The Labute approximate surface area is 166 Å². The van der Waals surface area contributed by atoms with E-state index in [9.17, 15) is 4.79 Å². The number of rotatable bonds is 5. The summed E-state index contributed by atoms with van der Waals surface area (Å²) in [5.74, 6) is 1.01. The standard InChI is InChI=1S/C23H18N4O2/c28-23(25-22-18-8-4-5-9-19(18)26-27-22)21-12-16-10-11-17(13-20(16)24-21)29-14-15-6-2-1-3-7-15/h1-13,24H,14H2,(H2,25,26,27,28). The molecule has 5 rings (SSSR count). The highest BCUT2D eigenvalue weighted by molar-refractivity contribution is 6.08. The quantitative estimate of drug-likeness (QED) is 0.405. The van der Waals surface area contributed by atoms with Crippen LogP contribution in [0.15, 0.2) is 78.9 Å². The van der Waals surface area contributed by atoms with Gasteiger partial charge in [-0.05, 0) is 35.9 Å². The summed E-state index contributed by atoms with van der Waals surface area (Å²) < 4.78 is 5.87. The van der Waals surface area contributed by atoms with Gasteiger partial charge in [-0.3, -0.25) is 9.89 Å². The zero-order valence-corrected chi connectivity index (χ0v) is 15.5. The summed E-state index contributed by atoms with van der Waals surface area (Å²) >= 11 is 0. The van der Waals surface area contributed by atoms with Gasteiger partial charge in [0.1, 0.15) is 18.1 Å². The van der Waals surface area contributed by atoms with Gasteiger partial charge in [-0.1, -0.05) is 42.5 Å². The lowest BCUT2D eigenvalue weighted by atomic mass is 10.2. The van der Waals surface area contributed by atoms with E-state index in [4.69, 9.17) is 4.74 Å². The van der Waals surface area contributed by atoms with Crippen molar-refractivity contribution < 1.29 is 9.53 Å². The number of hydrogen-bond donors (Lipinski definition) is 3. The number of nitrogens with zero attached hydrogens (tertiary/aromatic N) is 1. The van der Waals surface area contributed by atoms with Crippen LogP contribution >= 0.6 is 0 Å². The molecular weight excluding hydrogens is 364 g/mol. The van der Waals surface area contributed by atoms with Gasteiger partial charge in [-0.15, -0.1) is 0 Å². The Morgan fingerprint density at radius 1 is 0.931 bits per heavy atom. The Morgan fingerprint density at radius 3 is 2.66 bits per heavy atom. The number of benzene rings is 3. The molecule has 2 aromatic heterocycles. The van der Waals surface area contributed by atoms with Crippen LogP contribution in [0.1, 0.15) is 16.1 Å². The van der Waals surface area contributed by atoms with Gasteiger partial charge in [0.05, 0.1) is 5.52 Å². The van der Waals surface area contributed by atoms with Crippen LogP contribution in [0, 0.1) is 0 Å². The molecule has 0 unspecified atom stereocenters. The van der Waals surface area contributed by atoms with Gasteiger partial charge in [-0.25, -0.2) is 0 Å². The fourth-order valence-corrected chi connectivity index (χ4v) is 3.29. The molecule has 3 N–H and O–H groups in total. The van der Waals surface area contributed by atoms with Crippen molar-refractivity contribution in [1.29, 1.82) is 0 Å². The highest BCUT2D eigenvalue weighted by Gasteiger charge is 2.13. The summed E-state index contributed by atoms with van der Waals surface area (Å²) in [6.07, 6.45) is 0. The van der Waals surface area contributed by atoms with Gasteiger partial charge >= 0.3 is 0 Å². The number of amides is 1. The molecule has 0 aliphatic heterocycles. The monoisotopic (exact) mass is 382 g/mol. The van der Waals surface area contributed by atoms with E-state index in [1.807, 2.05) is 78.9 Å². The van der Waals surface area contributed by atoms with Crippen molar-refractivity contribution in [3.05, 3.63) is 90.1 Å². The zero-order valence-electron chi connectivity index (χ0n) is 15.5. The molecule has 6 nitrogen and oxygen atoms in total. The van der Waals surface area contributed by atoms with Gasteiger partial charge < -0.3 is 15.0 Å². The fourth-order valence-electron chi connectivity index (χ4n) is 3.29. The molecule has 0 aliphatic carbocycles. The average Bonchev–Trinajstić information content (AvgIpc) is 3.37. The summed E-state index contributed by atoms with van der Waals surface area (Å²) in [5.41, 5.74) is 3.28. The average molecular weight is 382 g/mol. The van der Waals surface area contributed by atoms with Crippen LogP contribution in [0.5, 0.6) is 5.75 Å². The minimum atomic E-state index is -0.245. The van der Waals surface area contributed by atoms with Crippen molar-refractivity contribution in [1.82, 2.24) is 15.2 Å². The number of carbonyl (C=O) groups is 1. The lowest BCUT2D eigenvalue weighted by molar-refractivity contribution is 0.102.